The van der Waals surface area contributed by atoms with Crippen LogP contribution in [0, 0.1) is 5.92 Å². The van der Waals surface area contributed by atoms with E-state index in [1.54, 1.807) is 0 Å². The van der Waals surface area contributed by atoms with Crippen molar-refractivity contribution in [1.82, 2.24) is 0 Å². The molecule has 0 fully saturated rings. The van der Waals surface area contributed by atoms with Crippen molar-refractivity contribution in [2.75, 3.05) is 0 Å². The molecule has 1 heterocycles. The first-order valence-corrected chi connectivity index (χ1v) is 4.34. The van der Waals surface area contributed by atoms with Crippen LogP contribution < -0.4 is 0 Å². The average molecular weight is 151 g/mol. The van der Waals surface area contributed by atoms with E-state index in [1.165, 1.54) is 11.1 Å². The molecule has 0 radical (unpaired) electrons. The Morgan fingerprint density at radius 1 is 1.55 bits per heavy atom. The molecule has 0 saturated heterocycles. The second-order valence-electron chi connectivity index (χ2n) is 3.72. The molecule has 0 spiro atoms. The minimum atomic E-state index is 0.498. The maximum Gasteiger partial charge on any atom is 0.0508 e. The molecule has 1 aliphatic heterocycles. The summed E-state index contributed by atoms with van der Waals surface area (Å²) in [6.45, 7) is 8.83. The lowest BCUT2D eigenvalue weighted by Crippen LogP contribution is -2.11. The summed E-state index contributed by atoms with van der Waals surface area (Å²) in [5.74, 6) is 0.631. The Hall–Kier alpha value is -0.590. The molecular weight excluding hydrogens is 134 g/mol. The number of allylic oxidation sites excluding steroid dienone is 1. The van der Waals surface area contributed by atoms with E-state index in [0.717, 1.165) is 6.42 Å². The van der Waals surface area contributed by atoms with Crippen molar-refractivity contribution in [3.8, 4) is 0 Å². The van der Waals surface area contributed by atoms with E-state index in [2.05, 4.69) is 32.7 Å². The van der Waals surface area contributed by atoms with Crippen LogP contribution >= 0.6 is 0 Å². The lowest BCUT2D eigenvalue weighted by molar-refractivity contribution is 0.690. The topological polar surface area (TPSA) is 12.4 Å². The van der Waals surface area contributed by atoms with E-state index in [-0.39, 0.29) is 0 Å². The number of rotatable bonds is 1. The van der Waals surface area contributed by atoms with Crippen LogP contribution in [0.4, 0.5) is 0 Å². The van der Waals surface area contributed by atoms with Gasteiger partial charge in [0.05, 0.1) is 6.04 Å². The summed E-state index contributed by atoms with van der Waals surface area (Å²) in [7, 11) is 0. The van der Waals surface area contributed by atoms with Gasteiger partial charge >= 0.3 is 0 Å². The Morgan fingerprint density at radius 3 is 2.64 bits per heavy atom. The molecular formula is C10H17N. The molecule has 0 saturated carbocycles. The van der Waals surface area contributed by atoms with Crippen LogP contribution in [0.1, 0.15) is 34.1 Å². The zero-order valence-electron chi connectivity index (χ0n) is 7.89. The van der Waals surface area contributed by atoms with Crippen molar-refractivity contribution in [2.45, 2.75) is 40.2 Å². The Morgan fingerprint density at radius 2 is 2.18 bits per heavy atom. The van der Waals surface area contributed by atoms with Gasteiger partial charge in [-0.3, -0.25) is 4.99 Å². The molecule has 1 unspecified atom stereocenters. The molecule has 1 rings (SSSR count). The van der Waals surface area contributed by atoms with Crippen molar-refractivity contribution in [3.63, 3.8) is 0 Å². The lowest BCUT2D eigenvalue weighted by atomic mass is 9.93. The maximum absolute atomic E-state index is 4.40. The van der Waals surface area contributed by atoms with Gasteiger partial charge in [0.2, 0.25) is 0 Å². The number of dihydropyridines is 1. The summed E-state index contributed by atoms with van der Waals surface area (Å²) in [5.41, 5.74) is 2.95. The summed E-state index contributed by atoms with van der Waals surface area (Å²) in [6, 6.07) is 0.498. The lowest BCUT2D eigenvalue weighted by Gasteiger charge is -2.18. The standard InChI is InChI=1S/C10H17N/c1-7(2)10-6-11-9(4)5-8(10)3/h6-7,9H,5H2,1-4H3. The van der Waals surface area contributed by atoms with Gasteiger partial charge in [0, 0.05) is 6.21 Å². The SMILES string of the molecule is CC1=C(C(C)C)C=NC(C)C1. The Labute approximate surface area is 69.2 Å². The predicted octanol–water partition coefficient (Wildman–Crippen LogP) is 2.82. The third-order valence-corrected chi connectivity index (χ3v) is 2.18. The van der Waals surface area contributed by atoms with Crippen LogP contribution in [0.25, 0.3) is 0 Å². The number of aliphatic imine (C=N–C) groups is 1. The molecule has 1 aliphatic rings. The Bertz CT molecular complexity index is 199. The van der Waals surface area contributed by atoms with Gasteiger partial charge in [0.25, 0.3) is 0 Å². The average Bonchev–Trinajstić information content (AvgIpc) is 1.85. The second-order valence-corrected chi connectivity index (χ2v) is 3.72. The van der Waals surface area contributed by atoms with Crippen LogP contribution in [-0.4, -0.2) is 12.3 Å². The predicted molar refractivity (Wildman–Crippen MR) is 50.1 cm³/mol. The van der Waals surface area contributed by atoms with Crippen LogP contribution in [0.2, 0.25) is 0 Å². The normalized spacial score (nSPS) is 25.0. The quantitative estimate of drug-likeness (QED) is 0.546. The van der Waals surface area contributed by atoms with Gasteiger partial charge in [-0.1, -0.05) is 19.4 Å². The molecule has 1 atom stereocenters. The fourth-order valence-corrected chi connectivity index (χ4v) is 1.57. The van der Waals surface area contributed by atoms with Gasteiger partial charge in [-0.15, -0.1) is 0 Å². The van der Waals surface area contributed by atoms with Crippen molar-refractivity contribution < 1.29 is 0 Å². The smallest absolute Gasteiger partial charge is 0.0508 e. The second kappa shape index (κ2) is 3.21. The molecule has 1 heteroatoms. The third kappa shape index (κ3) is 1.92. The molecule has 0 aromatic rings. The van der Waals surface area contributed by atoms with E-state index < -0.39 is 0 Å². The third-order valence-electron chi connectivity index (χ3n) is 2.18. The minimum Gasteiger partial charge on any atom is -0.290 e. The fraction of sp³-hybridized carbons (Fsp3) is 0.700. The van der Waals surface area contributed by atoms with Gasteiger partial charge in [-0.2, -0.15) is 0 Å². The molecule has 1 nitrogen and oxygen atoms in total. The van der Waals surface area contributed by atoms with E-state index in [4.69, 9.17) is 0 Å². The Kier molecular flexibility index (Phi) is 2.48. The molecule has 0 bridgehead atoms. The minimum absolute atomic E-state index is 0.498. The fourth-order valence-electron chi connectivity index (χ4n) is 1.57. The summed E-state index contributed by atoms with van der Waals surface area (Å²) < 4.78 is 0. The number of nitrogens with zero attached hydrogens (tertiary/aromatic N) is 1. The largest absolute Gasteiger partial charge is 0.290 e. The van der Waals surface area contributed by atoms with Gasteiger partial charge < -0.3 is 0 Å². The maximum atomic E-state index is 4.40. The van der Waals surface area contributed by atoms with Crippen molar-refractivity contribution in [3.05, 3.63) is 11.1 Å². The van der Waals surface area contributed by atoms with E-state index in [0.29, 0.717) is 12.0 Å². The van der Waals surface area contributed by atoms with Crippen molar-refractivity contribution in [1.29, 1.82) is 0 Å². The molecule has 0 amide bonds. The van der Waals surface area contributed by atoms with Crippen LogP contribution in [0.5, 0.6) is 0 Å². The van der Waals surface area contributed by atoms with E-state index in [1.807, 2.05) is 6.21 Å². The molecule has 0 aromatic carbocycles. The van der Waals surface area contributed by atoms with Crippen LogP contribution in [0.15, 0.2) is 16.1 Å². The molecule has 62 valence electrons. The van der Waals surface area contributed by atoms with Gasteiger partial charge in [0.15, 0.2) is 0 Å². The first kappa shape index (κ1) is 8.51. The molecule has 0 aromatic heterocycles. The monoisotopic (exact) mass is 151 g/mol. The zero-order chi connectivity index (χ0) is 8.43. The zero-order valence-corrected chi connectivity index (χ0v) is 7.89. The highest BCUT2D eigenvalue weighted by Crippen LogP contribution is 2.21. The highest BCUT2D eigenvalue weighted by Gasteiger charge is 2.12. The molecule has 11 heavy (non-hydrogen) atoms. The number of hydrogen-bond donors (Lipinski definition) is 0. The highest BCUT2D eigenvalue weighted by molar-refractivity contribution is 5.81. The van der Waals surface area contributed by atoms with E-state index >= 15 is 0 Å². The van der Waals surface area contributed by atoms with Crippen molar-refractivity contribution in [2.24, 2.45) is 10.9 Å². The van der Waals surface area contributed by atoms with Crippen LogP contribution in [0.3, 0.4) is 0 Å². The molecule has 0 aliphatic carbocycles. The summed E-state index contributed by atoms with van der Waals surface area (Å²) in [6.07, 6.45) is 3.19. The first-order chi connectivity index (χ1) is 5.11. The highest BCUT2D eigenvalue weighted by atomic mass is 14.8. The summed E-state index contributed by atoms with van der Waals surface area (Å²) >= 11 is 0. The Balaban J connectivity index is 2.80. The number of hydrogen-bond acceptors (Lipinski definition) is 1. The summed E-state index contributed by atoms with van der Waals surface area (Å²) in [5, 5.41) is 0. The van der Waals surface area contributed by atoms with Gasteiger partial charge in [-0.05, 0) is 31.8 Å². The van der Waals surface area contributed by atoms with Gasteiger partial charge in [-0.25, -0.2) is 0 Å². The molecule has 0 N–H and O–H groups in total. The van der Waals surface area contributed by atoms with Crippen molar-refractivity contribution >= 4 is 6.21 Å². The van der Waals surface area contributed by atoms with Crippen LogP contribution in [-0.2, 0) is 0 Å². The summed E-state index contributed by atoms with van der Waals surface area (Å²) in [4.78, 5) is 4.40. The van der Waals surface area contributed by atoms with Gasteiger partial charge in [0.1, 0.15) is 0 Å². The van der Waals surface area contributed by atoms with E-state index in [9.17, 15) is 0 Å². The first-order valence-electron chi connectivity index (χ1n) is 4.34.